The number of aromatic nitrogens is 1. The summed E-state index contributed by atoms with van der Waals surface area (Å²) >= 11 is 0. The lowest BCUT2D eigenvalue weighted by molar-refractivity contribution is 0.427. The van der Waals surface area contributed by atoms with Gasteiger partial charge in [0.25, 0.3) is 0 Å². The number of benzene rings is 1. The van der Waals surface area contributed by atoms with Crippen molar-refractivity contribution in [2.75, 3.05) is 11.0 Å². The highest BCUT2D eigenvalue weighted by atomic mass is 32.2. The largest absolute Gasteiger partial charge is 0.494 e. The van der Waals surface area contributed by atoms with Gasteiger partial charge in [-0.2, -0.15) is 0 Å². The molecular weight excluding hydrogens is 240 g/mol. The second-order valence-corrected chi connectivity index (χ2v) is 5.66. The minimum atomic E-state index is -3.30. The SMILES string of the molecule is CCn1cc2ccc(NS(C)(=O)=O)cc2c1O. The molecule has 2 rings (SSSR count). The Labute approximate surface area is 99.7 Å². The zero-order chi connectivity index (χ0) is 12.6. The number of sulfonamides is 1. The number of hydrogen-bond acceptors (Lipinski definition) is 3. The number of rotatable bonds is 3. The van der Waals surface area contributed by atoms with Crippen LogP contribution in [-0.4, -0.2) is 24.3 Å². The van der Waals surface area contributed by atoms with Crippen LogP contribution in [-0.2, 0) is 16.6 Å². The molecule has 0 saturated heterocycles. The first kappa shape index (κ1) is 11.8. The number of aryl methyl sites for hydroxylation is 1. The van der Waals surface area contributed by atoms with Crippen LogP contribution in [0.4, 0.5) is 5.69 Å². The molecule has 0 spiro atoms. The average molecular weight is 254 g/mol. The highest BCUT2D eigenvalue weighted by molar-refractivity contribution is 7.92. The van der Waals surface area contributed by atoms with Crippen molar-refractivity contribution in [1.29, 1.82) is 0 Å². The number of fused-ring (bicyclic) bond motifs is 1. The fourth-order valence-corrected chi connectivity index (χ4v) is 2.32. The molecule has 92 valence electrons. The van der Waals surface area contributed by atoms with E-state index in [1.165, 1.54) is 0 Å². The highest BCUT2D eigenvalue weighted by Crippen LogP contribution is 2.29. The van der Waals surface area contributed by atoms with Crippen molar-refractivity contribution in [3.05, 3.63) is 24.4 Å². The van der Waals surface area contributed by atoms with Crippen LogP contribution in [0.5, 0.6) is 5.88 Å². The first-order valence-corrected chi connectivity index (χ1v) is 7.09. The average Bonchev–Trinajstić information content (AvgIpc) is 2.53. The van der Waals surface area contributed by atoms with E-state index in [0.29, 0.717) is 17.6 Å². The van der Waals surface area contributed by atoms with Crippen molar-refractivity contribution in [2.45, 2.75) is 13.5 Å². The van der Waals surface area contributed by atoms with Gasteiger partial charge in [0.05, 0.1) is 6.26 Å². The first-order valence-electron chi connectivity index (χ1n) is 5.20. The molecule has 6 heteroatoms. The van der Waals surface area contributed by atoms with E-state index in [4.69, 9.17) is 0 Å². The van der Waals surface area contributed by atoms with Gasteiger partial charge in [0.1, 0.15) is 0 Å². The number of nitrogens with one attached hydrogen (secondary N) is 1. The van der Waals surface area contributed by atoms with Gasteiger partial charge < -0.3 is 9.67 Å². The highest BCUT2D eigenvalue weighted by Gasteiger charge is 2.09. The Bertz CT molecular complexity index is 659. The summed E-state index contributed by atoms with van der Waals surface area (Å²) in [5, 5.41) is 11.4. The quantitative estimate of drug-likeness (QED) is 0.876. The molecule has 0 saturated carbocycles. The molecule has 0 fully saturated rings. The van der Waals surface area contributed by atoms with Crippen LogP contribution >= 0.6 is 0 Å². The smallest absolute Gasteiger partial charge is 0.229 e. The second kappa shape index (κ2) is 3.96. The lowest BCUT2D eigenvalue weighted by atomic mass is 10.2. The van der Waals surface area contributed by atoms with Crippen molar-refractivity contribution < 1.29 is 13.5 Å². The van der Waals surface area contributed by atoms with Gasteiger partial charge in [-0.1, -0.05) is 6.07 Å². The van der Waals surface area contributed by atoms with Gasteiger partial charge in [-0.15, -0.1) is 0 Å². The van der Waals surface area contributed by atoms with E-state index in [2.05, 4.69) is 4.72 Å². The van der Waals surface area contributed by atoms with E-state index in [1.54, 1.807) is 22.8 Å². The molecule has 5 nitrogen and oxygen atoms in total. The molecule has 17 heavy (non-hydrogen) atoms. The number of hydrogen-bond donors (Lipinski definition) is 2. The molecule has 0 aliphatic rings. The van der Waals surface area contributed by atoms with Gasteiger partial charge in [0.15, 0.2) is 5.88 Å². The molecule has 0 aliphatic heterocycles. The third-order valence-corrected chi connectivity index (χ3v) is 3.11. The topological polar surface area (TPSA) is 71.3 Å². The fraction of sp³-hybridized carbons (Fsp3) is 0.273. The van der Waals surface area contributed by atoms with E-state index in [9.17, 15) is 13.5 Å². The minimum absolute atomic E-state index is 0.152. The predicted octanol–water partition coefficient (Wildman–Crippen LogP) is 1.74. The van der Waals surface area contributed by atoms with E-state index >= 15 is 0 Å². The molecule has 2 aromatic rings. The summed E-state index contributed by atoms with van der Waals surface area (Å²) < 4.78 is 26.3. The van der Waals surface area contributed by atoms with E-state index in [1.807, 2.05) is 13.1 Å². The maximum Gasteiger partial charge on any atom is 0.229 e. The molecule has 0 amide bonds. The van der Waals surface area contributed by atoms with Crippen molar-refractivity contribution in [3.63, 3.8) is 0 Å². The monoisotopic (exact) mass is 254 g/mol. The fourth-order valence-electron chi connectivity index (χ4n) is 1.76. The van der Waals surface area contributed by atoms with Crippen LogP contribution in [0.3, 0.4) is 0 Å². The molecule has 1 aromatic heterocycles. The van der Waals surface area contributed by atoms with Crippen LogP contribution in [0.15, 0.2) is 24.4 Å². The Kier molecular flexibility index (Phi) is 2.74. The Morgan fingerprint density at radius 1 is 1.41 bits per heavy atom. The Balaban J connectivity index is 2.53. The number of aromatic hydroxyl groups is 1. The molecule has 0 unspecified atom stereocenters. The standard InChI is InChI=1S/C11H14N2O3S/c1-3-13-7-8-4-5-9(12-17(2,15)16)6-10(8)11(13)14/h4-7,12,14H,3H2,1-2H3. The summed E-state index contributed by atoms with van der Waals surface area (Å²) in [4.78, 5) is 0. The Hall–Kier alpha value is -1.69. The Morgan fingerprint density at radius 2 is 2.12 bits per heavy atom. The van der Waals surface area contributed by atoms with Gasteiger partial charge in [0.2, 0.25) is 10.0 Å². The normalized spacial score (nSPS) is 11.9. The van der Waals surface area contributed by atoms with Gasteiger partial charge >= 0.3 is 0 Å². The molecule has 0 radical (unpaired) electrons. The van der Waals surface area contributed by atoms with Crippen LogP contribution in [0.2, 0.25) is 0 Å². The summed E-state index contributed by atoms with van der Waals surface area (Å²) in [6.45, 7) is 2.59. The van der Waals surface area contributed by atoms with Crippen molar-refractivity contribution in [1.82, 2.24) is 4.57 Å². The van der Waals surface area contributed by atoms with Crippen LogP contribution < -0.4 is 4.72 Å². The third-order valence-electron chi connectivity index (χ3n) is 2.51. The number of anilines is 1. The van der Waals surface area contributed by atoms with Crippen molar-refractivity contribution in [2.24, 2.45) is 0 Å². The lowest BCUT2D eigenvalue weighted by Crippen LogP contribution is -2.09. The van der Waals surface area contributed by atoms with E-state index in [0.717, 1.165) is 11.6 Å². The van der Waals surface area contributed by atoms with Crippen molar-refractivity contribution >= 4 is 26.5 Å². The number of nitrogens with zero attached hydrogens (tertiary/aromatic N) is 1. The molecule has 1 aromatic carbocycles. The van der Waals surface area contributed by atoms with Crippen LogP contribution in [0.1, 0.15) is 6.92 Å². The molecule has 1 heterocycles. The first-order chi connectivity index (χ1) is 7.90. The zero-order valence-corrected chi connectivity index (χ0v) is 10.5. The third kappa shape index (κ3) is 2.36. The van der Waals surface area contributed by atoms with Crippen LogP contribution in [0, 0.1) is 0 Å². The van der Waals surface area contributed by atoms with Gasteiger partial charge in [-0.3, -0.25) is 4.72 Å². The molecular formula is C11H14N2O3S. The Morgan fingerprint density at radius 3 is 2.71 bits per heavy atom. The van der Waals surface area contributed by atoms with Gasteiger partial charge in [-0.05, 0) is 19.1 Å². The maximum atomic E-state index is 11.1. The van der Waals surface area contributed by atoms with E-state index in [-0.39, 0.29) is 5.88 Å². The molecule has 0 atom stereocenters. The summed E-state index contributed by atoms with van der Waals surface area (Å²) in [5.41, 5.74) is 0.448. The minimum Gasteiger partial charge on any atom is -0.494 e. The summed E-state index contributed by atoms with van der Waals surface area (Å²) in [5.74, 6) is 0.152. The summed E-state index contributed by atoms with van der Waals surface area (Å²) in [6.07, 6.45) is 2.92. The molecule has 2 N–H and O–H groups in total. The predicted molar refractivity (Wildman–Crippen MR) is 67.7 cm³/mol. The van der Waals surface area contributed by atoms with Crippen molar-refractivity contribution in [3.8, 4) is 5.88 Å². The summed E-state index contributed by atoms with van der Waals surface area (Å²) in [7, 11) is -3.30. The van der Waals surface area contributed by atoms with Crippen LogP contribution in [0.25, 0.3) is 10.8 Å². The van der Waals surface area contributed by atoms with Gasteiger partial charge in [-0.25, -0.2) is 8.42 Å². The second-order valence-electron chi connectivity index (χ2n) is 3.91. The summed E-state index contributed by atoms with van der Waals surface area (Å²) in [6, 6.07) is 5.06. The van der Waals surface area contributed by atoms with Gasteiger partial charge in [0, 0.05) is 29.2 Å². The van der Waals surface area contributed by atoms with E-state index < -0.39 is 10.0 Å². The molecule has 0 bridgehead atoms. The maximum absolute atomic E-state index is 11.1. The zero-order valence-electron chi connectivity index (χ0n) is 9.64. The lowest BCUT2D eigenvalue weighted by Gasteiger charge is -2.03. The molecule has 0 aliphatic carbocycles.